The van der Waals surface area contributed by atoms with E-state index in [4.69, 9.17) is 11.5 Å². The molecule has 1 aliphatic rings. The number of hydrogen-bond acceptors (Lipinski definition) is 5. The summed E-state index contributed by atoms with van der Waals surface area (Å²) in [6.07, 6.45) is 1.92. The van der Waals surface area contributed by atoms with Crippen LogP contribution in [-0.4, -0.2) is 26.3 Å². The monoisotopic (exact) mass is 335 g/mol. The zero-order valence-corrected chi connectivity index (χ0v) is 11.6. The molecule has 0 aromatic carbocycles. The summed E-state index contributed by atoms with van der Waals surface area (Å²) in [4.78, 5) is 0. The van der Waals surface area contributed by atoms with Gasteiger partial charge in [-0.2, -0.15) is 0 Å². The Bertz CT molecular complexity index is 116. The Morgan fingerprint density at radius 1 is 1.08 bits per heavy atom. The van der Waals surface area contributed by atoms with E-state index in [9.17, 15) is 4.57 Å². The Morgan fingerprint density at radius 3 is 1.77 bits per heavy atom. The molecular formula is C6H16CeN2O3P+. The predicted molar refractivity (Wildman–Crippen MR) is 46.9 cm³/mol. The second-order valence-corrected chi connectivity index (χ2v) is 3.14. The van der Waals surface area contributed by atoms with Crippen molar-refractivity contribution in [3.8, 4) is 0 Å². The normalized spacial score (nSPS) is 16.3. The second-order valence-electron chi connectivity index (χ2n) is 2.17. The molecule has 0 atom stereocenters. The van der Waals surface area contributed by atoms with Gasteiger partial charge < -0.3 is 11.5 Å². The molecule has 0 amide bonds. The van der Waals surface area contributed by atoms with E-state index in [1.54, 1.807) is 0 Å². The van der Waals surface area contributed by atoms with Gasteiger partial charge in [-0.25, -0.2) is 0 Å². The largest absolute Gasteiger partial charge is 0.697 e. The quantitative estimate of drug-likeness (QED) is 0.676. The first kappa shape index (κ1) is 16.7. The van der Waals surface area contributed by atoms with Crippen molar-refractivity contribution in [2.75, 3.05) is 26.3 Å². The number of hydrogen-bond donors (Lipinski definition) is 2. The van der Waals surface area contributed by atoms with Crippen LogP contribution in [0.1, 0.15) is 12.8 Å². The maximum Gasteiger partial charge on any atom is 0.697 e. The molecule has 0 aliphatic carbocycles. The molecule has 0 unspecified atom stereocenters. The van der Waals surface area contributed by atoms with E-state index in [-0.39, 0.29) is 41.7 Å². The van der Waals surface area contributed by atoms with Crippen molar-refractivity contribution < 1.29 is 55.4 Å². The first-order chi connectivity index (χ1) is 5.81. The molecule has 0 bridgehead atoms. The molecule has 1 heterocycles. The zero-order valence-electron chi connectivity index (χ0n) is 7.57. The second kappa shape index (κ2) is 13.3. The zero-order chi connectivity index (χ0) is 9.23. The van der Waals surface area contributed by atoms with E-state index in [0.717, 1.165) is 12.8 Å². The van der Waals surface area contributed by atoms with Crippen molar-refractivity contribution in [2.24, 2.45) is 11.5 Å². The molecule has 1 saturated heterocycles. The first-order valence-electron chi connectivity index (χ1n) is 3.94. The van der Waals surface area contributed by atoms with Gasteiger partial charge in [-0.05, 0) is 12.8 Å². The third-order valence-electron chi connectivity index (χ3n) is 1.10. The molecular weight excluding hydrogens is 319 g/mol. The van der Waals surface area contributed by atoms with E-state index in [0.29, 0.717) is 26.3 Å². The summed E-state index contributed by atoms with van der Waals surface area (Å²) >= 11 is 0. The average Bonchev–Trinajstić information content (AvgIpc) is 2.33. The molecule has 13 heavy (non-hydrogen) atoms. The molecule has 1 rings (SSSR count). The van der Waals surface area contributed by atoms with Gasteiger partial charge in [-0.1, -0.05) is 0 Å². The van der Waals surface area contributed by atoms with Gasteiger partial charge in [-0.3, -0.25) is 0 Å². The third kappa shape index (κ3) is 13.3. The SMILES string of the molecule is NCCN.O=[P+]1OCCCCO1.[Ce]. The van der Waals surface area contributed by atoms with Crippen LogP contribution < -0.4 is 11.5 Å². The van der Waals surface area contributed by atoms with E-state index in [2.05, 4.69) is 9.05 Å². The van der Waals surface area contributed by atoms with Gasteiger partial charge in [0.15, 0.2) is 0 Å². The summed E-state index contributed by atoms with van der Waals surface area (Å²) < 4.78 is 19.8. The van der Waals surface area contributed by atoms with E-state index in [1.807, 2.05) is 0 Å². The molecule has 0 aromatic heterocycles. The molecule has 7 heteroatoms. The fourth-order valence-electron chi connectivity index (χ4n) is 0.520. The first-order valence-corrected chi connectivity index (χ1v) is 5.04. The Labute approximate surface area is 113 Å². The standard InChI is InChI=1S/C4H8O3P.C2H8N2.Ce/c5-8-6-3-1-2-4-7-8;3-1-2-4;/h1-4H2;1-4H2;/q+1;;. The van der Waals surface area contributed by atoms with Gasteiger partial charge in [0.05, 0.1) is 0 Å². The van der Waals surface area contributed by atoms with Crippen LogP contribution in [0.25, 0.3) is 0 Å². The Balaban J connectivity index is 0. The maximum absolute atomic E-state index is 10.4. The van der Waals surface area contributed by atoms with Gasteiger partial charge in [0.2, 0.25) is 0 Å². The third-order valence-corrected chi connectivity index (χ3v) is 1.89. The minimum absolute atomic E-state index is 0. The van der Waals surface area contributed by atoms with Crippen LogP contribution in [0.5, 0.6) is 0 Å². The van der Waals surface area contributed by atoms with Crippen LogP contribution in [0.3, 0.4) is 0 Å². The molecule has 0 spiro atoms. The molecule has 0 saturated carbocycles. The van der Waals surface area contributed by atoms with Crippen LogP contribution in [0.4, 0.5) is 0 Å². The van der Waals surface area contributed by atoms with E-state index < -0.39 is 8.25 Å². The predicted octanol–water partition coefficient (Wildman–Crippen LogP) is 0.375. The smallest absolute Gasteiger partial charge is 0.329 e. The molecule has 1 aliphatic heterocycles. The fourth-order valence-corrected chi connectivity index (χ4v) is 1.15. The Morgan fingerprint density at radius 2 is 1.46 bits per heavy atom. The summed E-state index contributed by atoms with van der Waals surface area (Å²) in [6.45, 7) is 2.35. The van der Waals surface area contributed by atoms with Crippen molar-refractivity contribution in [2.45, 2.75) is 12.8 Å². The summed E-state index contributed by atoms with van der Waals surface area (Å²) in [5, 5.41) is 0. The van der Waals surface area contributed by atoms with Crippen LogP contribution in [0.15, 0.2) is 0 Å². The van der Waals surface area contributed by atoms with Gasteiger partial charge in [0.25, 0.3) is 0 Å². The van der Waals surface area contributed by atoms with Crippen molar-refractivity contribution in [1.82, 2.24) is 0 Å². The van der Waals surface area contributed by atoms with Crippen LogP contribution >= 0.6 is 8.25 Å². The molecule has 4 N–H and O–H groups in total. The molecule has 76 valence electrons. The van der Waals surface area contributed by atoms with Crippen molar-refractivity contribution >= 4 is 8.25 Å². The van der Waals surface area contributed by atoms with Crippen molar-refractivity contribution in [3.63, 3.8) is 0 Å². The van der Waals surface area contributed by atoms with Gasteiger partial charge >= 0.3 is 8.25 Å². The molecule has 0 aromatic rings. The molecule has 1 fully saturated rings. The summed E-state index contributed by atoms with van der Waals surface area (Å²) in [5.41, 5.74) is 9.81. The maximum atomic E-state index is 10.4. The fraction of sp³-hybridized carbons (Fsp3) is 1.00. The van der Waals surface area contributed by atoms with Gasteiger partial charge in [0, 0.05) is 59.4 Å². The van der Waals surface area contributed by atoms with Crippen molar-refractivity contribution in [1.29, 1.82) is 0 Å². The number of rotatable bonds is 1. The van der Waals surface area contributed by atoms with Crippen molar-refractivity contribution in [3.05, 3.63) is 0 Å². The van der Waals surface area contributed by atoms with Gasteiger partial charge in [0.1, 0.15) is 13.2 Å². The number of nitrogens with two attached hydrogens (primary N) is 2. The van der Waals surface area contributed by atoms with Crippen LogP contribution in [0.2, 0.25) is 0 Å². The molecule has 5 nitrogen and oxygen atoms in total. The van der Waals surface area contributed by atoms with Gasteiger partial charge in [-0.15, -0.1) is 9.05 Å². The summed E-state index contributed by atoms with van der Waals surface area (Å²) in [6, 6.07) is 0. The van der Waals surface area contributed by atoms with Crippen LogP contribution in [-0.2, 0) is 13.6 Å². The molecule has 0 radical (unpaired) electrons. The minimum Gasteiger partial charge on any atom is -0.329 e. The summed E-state index contributed by atoms with van der Waals surface area (Å²) in [7, 11) is -1.77. The van der Waals surface area contributed by atoms with Crippen LogP contribution in [0, 0.1) is 41.7 Å². The minimum atomic E-state index is -1.77. The summed E-state index contributed by atoms with van der Waals surface area (Å²) in [5.74, 6) is 0. The average molecular weight is 335 g/mol. The Kier molecular flexibility index (Phi) is 17.1. The van der Waals surface area contributed by atoms with E-state index >= 15 is 0 Å². The Hall–Kier alpha value is 1.32. The van der Waals surface area contributed by atoms with E-state index in [1.165, 1.54) is 0 Å². The topological polar surface area (TPSA) is 87.6 Å².